The first-order valence-electron chi connectivity index (χ1n) is 9.40. The molecule has 1 saturated heterocycles. The summed E-state index contributed by atoms with van der Waals surface area (Å²) in [5.74, 6) is -3.39. The van der Waals surface area contributed by atoms with Crippen LogP contribution in [0.5, 0.6) is 0 Å². The van der Waals surface area contributed by atoms with E-state index in [2.05, 4.69) is 36.4 Å². The first-order valence-corrected chi connectivity index (χ1v) is 10.2. The number of amides is 1. The van der Waals surface area contributed by atoms with Crippen LogP contribution in [-0.2, 0) is 23.9 Å². The van der Waals surface area contributed by atoms with Crippen molar-refractivity contribution in [2.24, 2.45) is 11.8 Å². The van der Waals surface area contributed by atoms with E-state index in [1.165, 1.54) is 30.4 Å². The number of hydrogen-bond donors (Lipinski definition) is 3. The Bertz CT molecular complexity index is 891. The predicted octanol–water partition coefficient (Wildman–Crippen LogP) is 2.40. The van der Waals surface area contributed by atoms with Crippen molar-refractivity contribution in [1.82, 2.24) is 5.32 Å². The zero-order valence-electron chi connectivity index (χ0n) is 16.6. The van der Waals surface area contributed by atoms with Crippen LogP contribution in [0.3, 0.4) is 0 Å². The van der Waals surface area contributed by atoms with E-state index in [9.17, 15) is 19.2 Å². The summed E-state index contributed by atoms with van der Waals surface area (Å²) >= 11 is 9.77. The molecule has 2 N–H and O–H groups in total. The minimum atomic E-state index is -1.10. The molecule has 10 heteroatoms. The zero-order valence-corrected chi connectivity index (χ0v) is 18.3. The Labute approximate surface area is 190 Å². The summed E-state index contributed by atoms with van der Waals surface area (Å²) < 4.78 is 10.0. The largest absolute Gasteiger partial charge is 0.461 e. The molecule has 0 bridgehead atoms. The van der Waals surface area contributed by atoms with Gasteiger partial charge >= 0.3 is 11.9 Å². The lowest BCUT2D eigenvalue weighted by atomic mass is 9.90. The molecule has 31 heavy (non-hydrogen) atoms. The molecule has 1 amide bonds. The summed E-state index contributed by atoms with van der Waals surface area (Å²) in [6.07, 6.45) is 3.02. The van der Waals surface area contributed by atoms with E-state index in [-0.39, 0.29) is 37.4 Å². The maximum atomic E-state index is 12.8. The Morgan fingerprint density at radius 3 is 2.55 bits per heavy atom. The average Bonchev–Trinajstić information content (AvgIpc) is 3.21. The molecule has 0 saturated carbocycles. The molecule has 8 nitrogen and oxygen atoms in total. The summed E-state index contributed by atoms with van der Waals surface area (Å²) in [5, 5.41) is 5.32. The van der Waals surface area contributed by atoms with Gasteiger partial charge in [0.05, 0.1) is 17.3 Å². The van der Waals surface area contributed by atoms with Crippen molar-refractivity contribution in [2.75, 3.05) is 25.1 Å². The third-order valence-electron chi connectivity index (χ3n) is 4.61. The van der Waals surface area contributed by atoms with Crippen LogP contribution in [-0.4, -0.2) is 48.8 Å². The van der Waals surface area contributed by atoms with Crippen LogP contribution < -0.4 is 10.6 Å². The summed E-state index contributed by atoms with van der Waals surface area (Å²) in [4.78, 5) is 49.1. The number of rotatable bonds is 10. The van der Waals surface area contributed by atoms with Gasteiger partial charge in [-0.3, -0.25) is 14.4 Å². The van der Waals surface area contributed by atoms with E-state index in [4.69, 9.17) is 21.1 Å². The Balaban J connectivity index is 2.09. The molecule has 1 unspecified atom stereocenters. The first-order chi connectivity index (χ1) is 14.8. The van der Waals surface area contributed by atoms with E-state index in [0.717, 1.165) is 0 Å². The molecule has 1 aromatic rings. The molecule has 3 atom stereocenters. The Morgan fingerprint density at radius 1 is 1.23 bits per heavy atom. The van der Waals surface area contributed by atoms with E-state index in [1.807, 2.05) is 0 Å². The van der Waals surface area contributed by atoms with Crippen LogP contribution in [0.4, 0.5) is 5.69 Å². The van der Waals surface area contributed by atoms with Gasteiger partial charge in [0.1, 0.15) is 19.1 Å². The molecular formula is C21H23ClN2O6S. The molecule has 0 radical (unpaired) electrons. The van der Waals surface area contributed by atoms with Crippen LogP contribution in [0, 0.1) is 11.8 Å². The molecule has 2 rings (SSSR count). The smallest absolute Gasteiger partial charge is 0.340 e. The second-order valence-corrected chi connectivity index (χ2v) is 7.63. The molecule has 1 aliphatic heterocycles. The molecule has 0 aromatic heterocycles. The van der Waals surface area contributed by atoms with Crippen molar-refractivity contribution in [2.45, 2.75) is 12.5 Å². The van der Waals surface area contributed by atoms with Crippen molar-refractivity contribution in [3.05, 3.63) is 54.1 Å². The van der Waals surface area contributed by atoms with Gasteiger partial charge in [-0.25, -0.2) is 4.79 Å². The highest BCUT2D eigenvalue weighted by atomic mass is 35.5. The normalized spacial score (nSPS) is 18.5. The number of ether oxygens (including phenoxy) is 2. The molecular weight excluding hydrogens is 444 g/mol. The number of anilines is 1. The fraction of sp³-hybridized carbons (Fsp3) is 0.333. The summed E-state index contributed by atoms with van der Waals surface area (Å²) in [6, 6.07) is 3.71. The van der Waals surface area contributed by atoms with E-state index in [1.54, 1.807) is 0 Å². The van der Waals surface area contributed by atoms with Crippen molar-refractivity contribution < 1.29 is 28.7 Å². The quantitative estimate of drug-likeness (QED) is 0.210. The number of carbonyl (C=O) groups is 4. The SMILES string of the molecule is C=CCOC(=O)c1cc(Cl)ccc1NC(=O)[C@@H]1C[C@@H](C(C(=O)S)C(=O)OCC=C)CN1. The third-order valence-corrected chi connectivity index (χ3v) is 5.12. The van der Waals surface area contributed by atoms with Gasteiger partial charge in [0.25, 0.3) is 0 Å². The number of hydrogen-bond acceptors (Lipinski definition) is 7. The number of esters is 2. The molecule has 1 fully saturated rings. The number of benzene rings is 1. The molecule has 1 aliphatic rings. The predicted molar refractivity (Wildman–Crippen MR) is 119 cm³/mol. The van der Waals surface area contributed by atoms with Crippen LogP contribution in [0.2, 0.25) is 5.02 Å². The first kappa shape index (κ1) is 24.6. The molecule has 1 heterocycles. The van der Waals surface area contributed by atoms with Gasteiger partial charge in [-0.2, -0.15) is 0 Å². The number of halogens is 1. The number of thiol groups is 1. The summed E-state index contributed by atoms with van der Waals surface area (Å²) in [5.41, 5.74) is 0.314. The summed E-state index contributed by atoms with van der Waals surface area (Å²) in [7, 11) is 0. The lowest BCUT2D eigenvalue weighted by Crippen LogP contribution is -2.35. The third kappa shape index (κ3) is 6.68. The van der Waals surface area contributed by atoms with Crippen molar-refractivity contribution >= 4 is 52.9 Å². The van der Waals surface area contributed by atoms with Crippen molar-refractivity contribution in [3.63, 3.8) is 0 Å². The van der Waals surface area contributed by atoms with Crippen LogP contribution in [0.15, 0.2) is 43.5 Å². The maximum absolute atomic E-state index is 12.8. The standard InChI is InChI=1S/C21H23ClN2O6S/c1-3-7-29-19(26)14-10-13(22)5-6-15(14)24-18(25)16-9-12(11-23-16)17(21(28)31)20(27)30-8-4-2/h3-6,10,12,16-17,23H,1-2,7-9,11H2,(H,24,25)(H,28,31)/t12-,16+,17?/m1/s1. The summed E-state index contributed by atoms with van der Waals surface area (Å²) in [6.45, 7) is 7.16. The molecule has 166 valence electrons. The molecule has 0 spiro atoms. The van der Waals surface area contributed by atoms with E-state index >= 15 is 0 Å². The Kier molecular flexibility index (Phi) is 9.29. The second kappa shape index (κ2) is 11.7. The fourth-order valence-corrected chi connectivity index (χ4v) is 3.66. The minimum absolute atomic E-state index is 0.00565. The average molecular weight is 467 g/mol. The van der Waals surface area contributed by atoms with Crippen LogP contribution in [0.25, 0.3) is 0 Å². The minimum Gasteiger partial charge on any atom is -0.461 e. The zero-order chi connectivity index (χ0) is 23.0. The van der Waals surface area contributed by atoms with Crippen molar-refractivity contribution in [1.29, 1.82) is 0 Å². The van der Waals surface area contributed by atoms with Gasteiger partial charge in [0, 0.05) is 11.6 Å². The lowest BCUT2D eigenvalue weighted by Gasteiger charge is -2.18. The molecule has 1 aromatic carbocycles. The fourth-order valence-electron chi connectivity index (χ4n) is 3.17. The second-order valence-electron chi connectivity index (χ2n) is 6.76. The van der Waals surface area contributed by atoms with Gasteiger partial charge in [-0.05, 0) is 30.5 Å². The van der Waals surface area contributed by atoms with E-state index < -0.39 is 40.8 Å². The van der Waals surface area contributed by atoms with Crippen LogP contribution in [0.1, 0.15) is 16.8 Å². The Hall–Kier alpha value is -2.62. The topological polar surface area (TPSA) is 111 Å². The molecule has 0 aliphatic carbocycles. The van der Waals surface area contributed by atoms with Gasteiger partial charge in [-0.15, -0.1) is 12.6 Å². The lowest BCUT2D eigenvalue weighted by molar-refractivity contribution is -0.151. The Morgan fingerprint density at radius 2 is 1.90 bits per heavy atom. The number of nitrogens with one attached hydrogen (secondary N) is 2. The van der Waals surface area contributed by atoms with Gasteiger partial charge in [0.15, 0.2) is 5.12 Å². The van der Waals surface area contributed by atoms with Gasteiger partial charge < -0.3 is 20.1 Å². The van der Waals surface area contributed by atoms with Crippen LogP contribution >= 0.6 is 24.2 Å². The highest BCUT2D eigenvalue weighted by Gasteiger charge is 2.41. The van der Waals surface area contributed by atoms with Crippen molar-refractivity contribution in [3.8, 4) is 0 Å². The maximum Gasteiger partial charge on any atom is 0.340 e. The number of carbonyl (C=O) groups excluding carboxylic acids is 4. The highest BCUT2D eigenvalue weighted by molar-refractivity contribution is 7.96. The van der Waals surface area contributed by atoms with Gasteiger partial charge in [-0.1, -0.05) is 36.9 Å². The van der Waals surface area contributed by atoms with Gasteiger partial charge in [0.2, 0.25) is 5.91 Å². The van der Waals surface area contributed by atoms with E-state index in [0.29, 0.717) is 5.02 Å². The highest BCUT2D eigenvalue weighted by Crippen LogP contribution is 2.28. The monoisotopic (exact) mass is 466 g/mol.